The second-order valence-electron chi connectivity index (χ2n) is 7.04. The number of rotatable bonds is 5. The van der Waals surface area contributed by atoms with E-state index in [4.69, 9.17) is 11.6 Å². The van der Waals surface area contributed by atoms with Crippen LogP contribution in [0, 0.1) is 0 Å². The zero-order valence-electron chi connectivity index (χ0n) is 16.0. The molecule has 0 aliphatic heterocycles. The first-order chi connectivity index (χ1) is 14.7. The highest BCUT2D eigenvalue weighted by atomic mass is 35.5. The van der Waals surface area contributed by atoms with Crippen molar-refractivity contribution in [2.75, 3.05) is 0 Å². The number of pyridine rings is 1. The number of nitrogens with one attached hydrogen (secondary N) is 2. The minimum atomic E-state index is -0.207. The Morgan fingerprint density at radius 2 is 1.87 bits per heavy atom. The second kappa shape index (κ2) is 7.65. The maximum atomic E-state index is 13.0. The van der Waals surface area contributed by atoms with Crippen LogP contribution < -0.4 is 5.32 Å². The third-order valence-electron chi connectivity index (χ3n) is 5.11. The van der Waals surface area contributed by atoms with E-state index in [9.17, 15) is 4.79 Å². The molecular weight excluding hydrogens is 398 g/mol. The lowest BCUT2D eigenvalue weighted by atomic mass is 10.1. The average molecular weight is 416 g/mol. The first kappa shape index (κ1) is 18.4. The molecule has 2 aromatic carbocycles. The number of benzene rings is 2. The van der Waals surface area contributed by atoms with Gasteiger partial charge in [-0.2, -0.15) is 5.10 Å². The topological polar surface area (TPSA) is 75.6 Å². The molecule has 30 heavy (non-hydrogen) atoms. The zero-order valence-corrected chi connectivity index (χ0v) is 16.7. The number of carbonyl (C=O) groups is 1. The Hall–Kier alpha value is -3.64. The monoisotopic (exact) mass is 415 g/mol. The Bertz CT molecular complexity index is 1350. The molecule has 0 radical (unpaired) electrons. The van der Waals surface area contributed by atoms with E-state index < -0.39 is 0 Å². The molecule has 0 spiro atoms. The number of H-pyrrole nitrogens is 1. The van der Waals surface area contributed by atoms with Gasteiger partial charge in [-0.25, -0.2) is 4.98 Å². The molecule has 5 rings (SSSR count). The van der Waals surface area contributed by atoms with Crippen LogP contribution in [0.1, 0.15) is 21.6 Å². The lowest BCUT2D eigenvalue weighted by Crippen LogP contribution is -2.23. The summed E-state index contributed by atoms with van der Waals surface area (Å²) in [5, 5.41) is 10.1. The van der Waals surface area contributed by atoms with Crippen LogP contribution in [0.2, 0.25) is 5.02 Å². The number of fused-ring (bicyclic) bond motifs is 2. The Balaban J connectivity index is 1.43. The molecule has 0 saturated heterocycles. The van der Waals surface area contributed by atoms with Gasteiger partial charge >= 0.3 is 0 Å². The summed E-state index contributed by atoms with van der Waals surface area (Å²) in [6.45, 7) is 0.952. The third-order valence-corrected chi connectivity index (χ3v) is 5.36. The van der Waals surface area contributed by atoms with Gasteiger partial charge in [-0.15, -0.1) is 0 Å². The van der Waals surface area contributed by atoms with Crippen LogP contribution >= 0.6 is 11.6 Å². The fourth-order valence-corrected chi connectivity index (χ4v) is 3.74. The molecule has 6 nitrogen and oxygen atoms in total. The lowest BCUT2D eigenvalue weighted by molar-refractivity contribution is 0.0947. The average Bonchev–Trinajstić information content (AvgIpc) is 3.39. The molecule has 7 heteroatoms. The summed E-state index contributed by atoms with van der Waals surface area (Å²) in [6.07, 6.45) is 3.57. The maximum absolute atomic E-state index is 13.0. The smallest absolute Gasteiger partial charge is 0.272 e. The maximum Gasteiger partial charge on any atom is 0.272 e. The van der Waals surface area contributed by atoms with Gasteiger partial charge in [0.1, 0.15) is 5.65 Å². The summed E-state index contributed by atoms with van der Waals surface area (Å²) < 4.78 is 1.85. The quantitative estimate of drug-likeness (QED) is 0.442. The highest BCUT2D eigenvalue weighted by molar-refractivity contribution is 6.30. The summed E-state index contributed by atoms with van der Waals surface area (Å²) in [5.41, 5.74) is 4.19. The van der Waals surface area contributed by atoms with Crippen molar-refractivity contribution in [3.8, 4) is 0 Å². The van der Waals surface area contributed by atoms with Gasteiger partial charge in [0.25, 0.3) is 5.91 Å². The van der Waals surface area contributed by atoms with Gasteiger partial charge in [-0.05, 0) is 41.5 Å². The molecule has 0 atom stereocenters. The van der Waals surface area contributed by atoms with E-state index in [-0.39, 0.29) is 5.91 Å². The number of nitrogens with zero attached hydrogens (tertiary/aromatic N) is 3. The number of aromatic amines is 1. The highest BCUT2D eigenvalue weighted by Gasteiger charge is 2.17. The first-order valence-corrected chi connectivity index (χ1v) is 9.96. The Labute approximate surface area is 177 Å². The number of hydrogen-bond acceptors (Lipinski definition) is 3. The van der Waals surface area contributed by atoms with Crippen LogP contribution in [0.5, 0.6) is 0 Å². The summed E-state index contributed by atoms with van der Waals surface area (Å²) in [4.78, 5) is 20.4. The molecule has 3 heterocycles. The van der Waals surface area contributed by atoms with Gasteiger partial charge < -0.3 is 10.3 Å². The van der Waals surface area contributed by atoms with Crippen molar-refractivity contribution in [3.05, 3.63) is 94.9 Å². The fraction of sp³-hybridized carbons (Fsp3) is 0.0870. The summed E-state index contributed by atoms with van der Waals surface area (Å²) in [6, 6.07) is 19.3. The SMILES string of the molecule is O=C(NCc1ccnc2[nH]ccc12)c1nn(Cc2ccc(Cl)cc2)c2ccccc12. The second-order valence-corrected chi connectivity index (χ2v) is 7.48. The van der Waals surface area contributed by atoms with Crippen LogP contribution in [-0.2, 0) is 13.1 Å². The minimum Gasteiger partial charge on any atom is -0.347 e. The number of para-hydroxylation sites is 1. The number of halogens is 1. The minimum absolute atomic E-state index is 0.207. The molecule has 2 N–H and O–H groups in total. The molecule has 0 fully saturated rings. The predicted molar refractivity (Wildman–Crippen MR) is 118 cm³/mol. The van der Waals surface area contributed by atoms with Crippen molar-refractivity contribution in [2.45, 2.75) is 13.1 Å². The lowest BCUT2D eigenvalue weighted by Gasteiger charge is -2.05. The molecule has 148 valence electrons. The molecule has 0 unspecified atom stereocenters. The molecular formula is C23H18ClN5O. The van der Waals surface area contributed by atoms with E-state index >= 15 is 0 Å². The van der Waals surface area contributed by atoms with Gasteiger partial charge in [-0.3, -0.25) is 9.48 Å². The first-order valence-electron chi connectivity index (χ1n) is 9.58. The van der Waals surface area contributed by atoms with E-state index in [0.717, 1.165) is 33.1 Å². The van der Waals surface area contributed by atoms with Crippen molar-refractivity contribution in [3.63, 3.8) is 0 Å². The molecule has 1 amide bonds. The summed E-state index contributed by atoms with van der Waals surface area (Å²) in [5.74, 6) is -0.207. The zero-order chi connectivity index (χ0) is 20.5. The van der Waals surface area contributed by atoms with Crippen molar-refractivity contribution in [1.29, 1.82) is 0 Å². The van der Waals surface area contributed by atoms with Gasteiger partial charge in [0.2, 0.25) is 0 Å². The Morgan fingerprint density at radius 1 is 1.03 bits per heavy atom. The van der Waals surface area contributed by atoms with Crippen LogP contribution in [0.3, 0.4) is 0 Å². The molecule has 0 aliphatic carbocycles. The number of amides is 1. The normalized spacial score (nSPS) is 11.2. The van der Waals surface area contributed by atoms with Gasteiger partial charge in [0.05, 0.1) is 12.1 Å². The number of aromatic nitrogens is 4. The summed E-state index contributed by atoms with van der Waals surface area (Å²) in [7, 11) is 0. The largest absolute Gasteiger partial charge is 0.347 e. The molecule has 3 aromatic heterocycles. The molecule has 0 aliphatic rings. The van der Waals surface area contributed by atoms with Crippen molar-refractivity contribution in [1.82, 2.24) is 25.1 Å². The van der Waals surface area contributed by atoms with Crippen molar-refractivity contribution in [2.24, 2.45) is 0 Å². The van der Waals surface area contributed by atoms with E-state index in [1.165, 1.54) is 0 Å². The van der Waals surface area contributed by atoms with Crippen LogP contribution in [-0.4, -0.2) is 25.7 Å². The van der Waals surface area contributed by atoms with Crippen LogP contribution in [0.25, 0.3) is 21.9 Å². The van der Waals surface area contributed by atoms with E-state index in [0.29, 0.717) is 23.8 Å². The fourth-order valence-electron chi connectivity index (χ4n) is 3.61. The Kier molecular flexibility index (Phi) is 4.69. The van der Waals surface area contributed by atoms with Gasteiger partial charge in [0.15, 0.2) is 5.69 Å². The standard InChI is InChI=1S/C23H18ClN5O/c24-17-7-5-15(6-8-17)14-29-20-4-2-1-3-19(20)21(28-29)23(30)27-13-16-9-11-25-22-18(16)10-12-26-22/h1-12H,13-14H2,(H,25,26)(H,27,30). The third kappa shape index (κ3) is 3.42. The van der Waals surface area contributed by atoms with Crippen LogP contribution in [0.4, 0.5) is 0 Å². The molecule has 0 saturated carbocycles. The number of carbonyl (C=O) groups excluding carboxylic acids is 1. The summed E-state index contributed by atoms with van der Waals surface area (Å²) >= 11 is 5.99. The van der Waals surface area contributed by atoms with E-state index in [1.54, 1.807) is 6.20 Å². The molecule has 0 bridgehead atoms. The van der Waals surface area contributed by atoms with Gasteiger partial charge in [-0.1, -0.05) is 41.9 Å². The van der Waals surface area contributed by atoms with Crippen LogP contribution in [0.15, 0.2) is 73.1 Å². The highest BCUT2D eigenvalue weighted by Crippen LogP contribution is 2.21. The Morgan fingerprint density at radius 3 is 2.73 bits per heavy atom. The van der Waals surface area contributed by atoms with Crippen molar-refractivity contribution >= 4 is 39.4 Å². The molecule has 5 aromatic rings. The van der Waals surface area contributed by atoms with E-state index in [2.05, 4.69) is 20.4 Å². The van der Waals surface area contributed by atoms with Gasteiger partial charge in [0, 0.05) is 34.7 Å². The predicted octanol–water partition coefficient (Wildman–Crippen LogP) is 4.54. The van der Waals surface area contributed by atoms with Crippen molar-refractivity contribution < 1.29 is 4.79 Å². The number of hydrogen-bond donors (Lipinski definition) is 2. The van der Waals surface area contributed by atoms with E-state index in [1.807, 2.05) is 71.5 Å².